The van der Waals surface area contributed by atoms with Crippen LogP contribution < -0.4 is 73.1 Å². The predicted octanol–water partition coefficient (Wildman–Crippen LogP) is 1.43. The van der Waals surface area contributed by atoms with Gasteiger partial charge in [0.1, 0.15) is 10.9 Å². The Kier molecular flexibility index (Phi) is 11.1. The Morgan fingerprint density at radius 1 is 1.22 bits per heavy atom. The van der Waals surface area contributed by atoms with E-state index in [9.17, 15) is 9.90 Å². The van der Waals surface area contributed by atoms with Crippen LogP contribution in [0.15, 0.2) is 59.7 Å². The van der Waals surface area contributed by atoms with Crippen LogP contribution in [0.4, 0.5) is 0 Å². The summed E-state index contributed by atoms with van der Waals surface area (Å²) in [5.41, 5.74) is 5.49. The van der Waals surface area contributed by atoms with Crippen molar-refractivity contribution in [3.63, 3.8) is 0 Å². The van der Waals surface area contributed by atoms with E-state index < -0.39 is 6.10 Å². The summed E-state index contributed by atoms with van der Waals surface area (Å²) in [7, 11) is 0. The molecule has 0 aliphatic heterocycles. The Labute approximate surface area is 236 Å². The van der Waals surface area contributed by atoms with Gasteiger partial charge in [0, 0.05) is 41.1 Å². The van der Waals surface area contributed by atoms with E-state index in [0.717, 1.165) is 21.0 Å². The summed E-state index contributed by atoms with van der Waals surface area (Å²) in [5, 5.41) is 14.5. The third kappa shape index (κ3) is 6.99. The van der Waals surface area contributed by atoms with Gasteiger partial charge in [-0.25, -0.2) is 0 Å². The van der Waals surface area contributed by atoms with Gasteiger partial charge in [0.05, 0.1) is 5.39 Å². The minimum atomic E-state index is -0.613. The van der Waals surface area contributed by atoms with Crippen molar-refractivity contribution in [2.24, 2.45) is 0 Å². The number of aliphatic hydroxyl groups is 1. The van der Waals surface area contributed by atoms with Gasteiger partial charge in [0.2, 0.25) is 5.43 Å². The van der Waals surface area contributed by atoms with Gasteiger partial charge in [-0.1, -0.05) is 35.8 Å². The number of rotatable bonds is 9. The molecule has 0 spiro atoms. The van der Waals surface area contributed by atoms with E-state index in [0.29, 0.717) is 30.0 Å². The maximum atomic E-state index is 12.7. The number of aromatic nitrogens is 2. The van der Waals surface area contributed by atoms with Crippen molar-refractivity contribution in [2.75, 3.05) is 6.54 Å². The number of pyridine rings is 1. The van der Waals surface area contributed by atoms with Gasteiger partial charge in [-0.2, -0.15) is 0 Å². The quantitative estimate of drug-likeness (QED) is 0.175. The number of aromatic amines is 2. The molecule has 0 saturated heterocycles. The number of nitrogens with zero attached hydrogens (tertiary/aromatic N) is 1. The van der Waals surface area contributed by atoms with Crippen molar-refractivity contribution in [3.05, 3.63) is 91.7 Å². The summed E-state index contributed by atoms with van der Waals surface area (Å²) in [6, 6.07) is 12.8. The summed E-state index contributed by atoms with van der Waals surface area (Å²) in [6.45, 7) is 1.26. The molecule has 4 rings (SSSR count). The number of H-pyrrole nitrogens is 2. The Morgan fingerprint density at radius 2 is 2.00 bits per heavy atom. The number of halogens is 1. The fraction of sp³-hybridized carbons (Fsp3) is 0.190. The first-order valence-corrected chi connectivity index (χ1v) is 10.5. The van der Waals surface area contributed by atoms with Crippen LogP contribution in [-0.2, 0) is 13.1 Å². The molecule has 4 aromatic rings. The standard InChI is InChI=1S/C21H20ClN4O3S.K.H3N/c22-14-5-3-13(4-6-14)9-26-29-19-12-25-21-16(20(19)28)8-15(30-21)10-23-11-18(27)17-2-1-7-24-17;;/h1-8,12,18,23-24,27H,9-11H2,(H,25,28);;1H3/q-1;+1;. The molecule has 0 saturated carbocycles. The molecule has 164 valence electrons. The molecule has 1 aromatic carbocycles. The number of hydroxylamine groups is 1. The van der Waals surface area contributed by atoms with Gasteiger partial charge >= 0.3 is 51.4 Å². The topological polar surface area (TPSA) is 139 Å². The van der Waals surface area contributed by atoms with Crippen LogP contribution in [0.3, 0.4) is 0 Å². The molecule has 7 N–H and O–H groups in total. The fourth-order valence-electron chi connectivity index (χ4n) is 2.96. The van der Waals surface area contributed by atoms with E-state index in [1.807, 2.05) is 30.3 Å². The second-order valence-corrected chi connectivity index (χ2v) is 8.29. The van der Waals surface area contributed by atoms with E-state index in [-0.39, 0.29) is 68.7 Å². The van der Waals surface area contributed by atoms with Crippen LogP contribution in [0.2, 0.25) is 5.02 Å². The van der Waals surface area contributed by atoms with E-state index in [1.54, 1.807) is 18.3 Å². The minimum absolute atomic E-state index is 0. The van der Waals surface area contributed by atoms with Crippen molar-refractivity contribution in [1.82, 2.24) is 21.4 Å². The number of nitrogens with one attached hydrogen (secondary N) is 3. The van der Waals surface area contributed by atoms with Crippen LogP contribution in [0.1, 0.15) is 22.2 Å². The van der Waals surface area contributed by atoms with Gasteiger partial charge in [-0.05, 0) is 30.3 Å². The number of aliphatic hydroxyl groups excluding tert-OH is 1. The maximum Gasteiger partial charge on any atom is 1.00 e. The van der Waals surface area contributed by atoms with Crippen LogP contribution in [0.25, 0.3) is 15.7 Å². The summed E-state index contributed by atoms with van der Waals surface area (Å²) in [6.07, 6.45) is 2.69. The molecule has 0 aliphatic carbocycles. The SMILES string of the molecule is N.O=c1c(O[N-]Cc2ccc(Cl)cc2)c[nH]c2sc(CNCC(O)c3ccc[nH]3)cc12.[K+]. The second kappa shape index (κ2) is 13.0. The Hall–Kier alpha value is -1.02. The molecule has 11 heteroatoms. The number of thiophene rings is 1. The first kappa shape index (κ1) is 27.2. The van der Waals surface area contributed by atoms with Gasteiger partial charge in [-0.3, -0.25) is 4.79 Å². The summed E-state index contributed by atoms with van der Waals surface area (Å²) in [4.78, 5) is 25.9. The molecule has 32 heavy (non-hydrogen) atoms. The third-order valence-electron chi connectivity index (χ3n) is 4.53. The summed E-state index contributed by atoms with van der Waals surface area (Å²) >= 11 is 7.35. The van der Waals surface area contributed by atoms with E-state index in [1.165, 1.54) is 17.5 Å². The minimum Gasteiger partial charge on any atom is -0.583 e. The smallest absolute Gasteiger partial charge is 0.583 e. The average molecular weight is 500 g/mol. The Morgan fingerprint density at radius 3 is 2.72 bits per heavy atom. The van der Waals surface area contributed by atoms with Crippen LogP contribution in [0, 0.1) is 0 Å². The third-order valence-corrected chi connectivity index (χ3v) is 5.85. The number of benzene rings is 1. The number of fused-ring (bicyclic) bond motifs is 1. The molecule has 0 fully saturated rings. The summed E-state index contributed by atoms with van der Waals surface area (Å²) < 4.78 is 0. The van der Waals surface area contributed by atoms with Crippen LogP contribution >= 0.6 is 22.9 Å². The molecule has 3 aromatic heterocycles. The number of hydrogen-bond acceptors (Lipinski definition) is 6. The zero-order valence-corrected chi connectivity index (χ0v) is 22.3. The molecule has 8 nitrogen and oxygen atoms in total. The van der Waals surface area contributed by atoms with Crippen LogP contribution in [0.5, 0.6) is 5.75 Å². The van der Waals surface area contributed by atoms with Gasteiger partial charge < -0.3 is 36.9 Å². The van der Waals surface area contributed by atoms with Crippen molar-refractivity contribution in [3.8, 4) is 5.75 Å². The molecular weight excluding hydrogens is 477 g/mol. The molecule has 0 radical (unpaired) electrons. The van der Waals surface area contributed by atoms with Gasteiger partial charge in [-0.15, -0.1) is 11.3 Å². The maximum absolute atomic E-state index is 12.7. The Bertz CT molecular complexity index is 1160. The van der Waals surface area contributed by atoms with E-state index >= 15 is 0 Å². The molecule has 3 heterocycles. The molecular formula is C21H23ClKN5O3S. The molecule has 0 amide bonds. The average Bonchev–Trinajstić information content (AvgIpc) is 3.41. The zero-order valence-electron chi connectivity index (χ0n) is 17.6. The van der Waals surface area contributed by atoms with E-state index in [4.69, 9.17) is 16.4 Å². The first-order valence-electron chi connectivity index (χ1n) is 9.34. The van der Waals surface area contributed by atoms with E-state index in [2.05, 4.69) is 20.8 Å². The van der Waals surface area contributed by atoms with Gasteiger partial charge in [0.25, 0.3) is 0 Å². The predicted molar refractivity (Wildman–Crippen MR) is 124 cm³/mol. The van der Waals surface area contributed by atoms with Crippen molar-refractivity contribution >= 4 is 33.2 Å². The molecule has 1 unspecified atom stereocenters. The van der Waals surface area contributed by atoms with Crippen molar-refractivity contribution in [1.29, 1.82) is 0 Å². The Balaban J connectivity index is 0.00000181. The monoisotopic (exact) mass is 499 g/mol. The molecule has 0 aliphatic rings. The fourth-order valence-corrected chi connectivity index (χ4v) is 4.08. The largest absolute Gasteiger partial charge is 1.00 e. The van der Waals surface area contributed by atoms with Gasteiger partial charge in [0.15, 0.2) is 5.75 Å². The number of hydrogen-bond donors (Lipinski definition) is 5. The second-order valence-electron chi connectivity index (χ2n) is 6.71. The van der Waals surface area contributed by atoms with Crippen LogP contribution in [-0.4, -0.2) is 21.6 Å². The molecule has 1 atom stereocenters. The molecule has 0 bridgehead atoms. The normalized spacial score (nSPS) is 11.6. The van der Waals surface area contributed by atoms with Crippen molar-refractivity contribution in [2.45, 2.75) is 19.2 Å². The first-order chi connectivity index (χ1) is 14.6. The summed E-state index contributed by atoms with van der Waals surface area (Å²) in [5.74, 6) is 0.149. The zero-order chi connectivity index (χ0) is 20.9. The van der Waals surface area contributed by atoms with Crippen molar-refractivity contribution < 1.29 is 61.3 Å².